The van der Waals surface area contributed by atoms with E-state index in [1.54, 1.807) is 12.1 Å². The third-order valence-electron chi connectivity index (χ3n) is 5.54. The van der Waals surface area contributed by atoms with Gasteiger partial charge in [0, 0.05) is 0 Å². The van der Waals surface area contributed by atoms with Gasteiger partial charge < -0.3 is 4.74 Å². The van der Waals surface area contributed by atoms with Crippen molar-refractivity contribution in [3.05, 3.63) is 53.8 Å². The fraction of sp³-hybridized carbons (Fsp3) is 0.556. The molecule has 2 aromatic carbocycles. The smallest absolute Gasteiger partial charge is 0.165 e. The van der Waals surface area contributed by atoms with E-state index in [-0.39, 0.29) is 5.82 Å². The summed E-state index contributed by atoms with van der Waals surface area (Å²) in [6.07, 6.45) is 15.4. The van der Waals surface area contributed by atoms with Crippen LogP contribution in [-0.4, -0.2) is 6.61 Å². The molecule has 0 unspecified atom stereocenters. The van der Waals surface area contributed by atoms with Gasteiger partial charge in [-0.15, -0.1) is 0 Å². The van der Waals surface area contributed by atoms with Crippen LogP contribution in [0.2, 0.25) is 0 Å². The van der Waals surface area contributed by atoms with Crippen molar-refractivity contribution in [1.82, 2.24) is 0 Å². The van der Waals surface area contributed by atoms with E-state index in [0.717, 1.165) is 30.4 Å². The second-order valence-corrected chi connectivity index (χ2v) is 8.12. The molecule has 0 aliphatic rings. The van der Waals surface area contributed by atoms with Gasteiger partial charge in [0.15, 0.2) is 11.6 Å². The van der Waals surface area contributed by atoms with E-state index in [0.29, 0.717) is 12.4 Å². The van der Waals surface area contributed by atoms with Crippen molar-refractivity contribution in [3.8, 4) is 16.9 Å². The number of benzene rings is 2. The van der Waals surface area contributed by atoms with E-state index in [1.165, 1.54) is 63.4 Å². The van der Waals surface area contributed by atoms with Crippen LogP contribution in [0.1, 0.15) is 90.0 Å². The number of hydrogen-bond donors (Lipinski definition) is 0. The maximum Gasteiger partial charge on any atom is 0.165 e. The number of halogens is 1. The molecule has 2 rings (SSSR count). The van der Waals surface area contributed by atoms with Crippen LogP contribution in [0.15, 0.2) is 42.5 Å². The fourth-order valence-electron chi connectivity index (χ4n) is 3.63. The summed E-state index contributed by atoms with van der Waals surface area (Å²) in [5.41, 5.74) is 3.33. The molecule has 0 aromatic heterocycles. The first-order valence-electron chi connectivity index (χ1n) is 11.8. The van der Waals surface area contributed by atoms with Gasteiger partial charge in [0.1, 0.15) is 0 Å². The Morgan fingerprint density at radius 2 is 1.24 bits per heavy atom. The van der Waals surface area contributed by atoms with Crippen molar-refractivity contribution in [2.24, 2.45) is 0 Å². The van der Waals surface area contributed by atoms with Gasteiger partial charge in [0.25, 0.3) is 0 Å². The van der Waals surface area contributed by atoms with Crippen LogP contribution in [0, 0.1) is 5.82 Å². The molecule has 0 N–H and O–H groups in total. The van der Waals surface area contributed by atoms with E-state index in [9.17, 15) is 4.39 Å². The topological polar surface area (TPSA) is 9.23 Å². The SMILES string of the molecule is CCCCCCCCCCCc1ccc(-c2ccc(OCCCC)c(F)c2)cc1. The lowest BCUT2D eigenvalue weighted by Crippen LogP contribution is -1.98. The Morgan fingerprint density at radius 1 is 0.655 bits per heavy atom. The van der Waals surface area contributed by atoms with Gasteiger partial charge in [-0.25, -0.2) is 4.39 Å². The van der Waals surface area contributed by atoms with E-state index in [1.807, 2.05) is 6.07 Å². The van der Waals surface area contributed by atoms with Crippen LogP contribution in [0.3, 0.4) is 0 Å². The predicted molar refractivity (Wildman–Crippen MR) is 123 cm³/mol. The zero-order valence-electron chi connectivity index (χ0n) is 18.5. The normalized spacial score (nSPS) is 11.0. The minimum Gasteiger partial charge on any atom is -0.491 e. The van der Waals surface area contributed by atoms with E-state index in [4.69, 9.17) is 4.74 Å². The zero-order chi connectivity index (χ0) is 20.7. The first-order chi connectivity index (χ1) is 14.2. The molecule has 0 saturated carbocycles. The van der Waals surface area contributed by atoms with Crippen LogP contribution in [0.25, 0.3) is 11.1 Å². The molecule has 160 valence electrons. The van der Waals surface area contributed by atoms with E-state index < -0.39 is 0 Å². The van der Waals surface area contributed by atoms with Gasteiger partial charge in [-0.05, 0) is 48.1 Å². The van der Waals surface area contributed by atoms with Crippen LogP contribution >= 0.6 is 0 Å². The average molecular weight is 399 g/mol. The third kappa shape index (κ3) is 9.02. The van der Waals surface area contributed by atoms with Crippen LogP contribution in [0.5, 0.6) is 5.75 Å². The molecule has 2 aromatic rings. The van der Waals surface area contributed by atoms with Crippen molar-refractivity contribution >= 4 is 0 Å². The number of rotatable bonds is 15. The van der Waals surface area contributed by atoms with Crippen molar-refractivity contribution in [3.63, 3.8) is 0 Å². The number of hydrogen-bond acceptors (Lipinski definition) is 1. The highest BCUT2D eigenvalue weighted by atomic mass is 19.1. The summed E-state index contributed by atoms with van der Waals surface area (Å²) in [6.45, 7) is 4.94. The Labute approximate surface area is 177 Å². The summed E-state index contributed by atoms with van der Waals surface area (Å²) in [5.74, 6) is 0.0709. The zero-order valence-corrected chi connectivity index (χ0v) is 18.5. The highest BCUT2D eigenvalue weighted by Gasteiger charge is 2.06. The van der Waals surface area contributed by atoms with E-state index in [2.05, 4.69) is 38.1 Å². The van der Waals surface area contributed by atoms with Gasteiger partial charge in [-0.2, -0.15) is 0 Å². The Bertz CT molecular complexity index is 677. The van der Waals surface area contributed by atoms with E-state index >= 15 is 0 Å². The van der Waals surface area contributed by atoms with Crippen LogP contribution in [0.4, 0.5) is 4.39 Å². The second kappa shape index (κ2) is 14.2. The molecule has 0 atom stereocenters. The molecular weight excluding hydrogens is 359 g/mol. The number of aryl methyl sites for hydroxylation is 1. The second-order valence-electron chi connectivity index (χ2n) is 8.12. The summed E-state index contributed by atoms with van der Waals surface area (Å²) < 4.78 is 19.8. The van der Waals surface area contributed by atoms with Crippen molar-refractivity contribution < 1.29 is 9.13 Å². The quantitative estimate of drug-likeness (QED) is 0.272. The molecule has 0 fully saturated rings. The average Bonchev–Trinajstić information content (AvgIpc) is 2.74. The molecule has 2 heteroatoms. The molecule has 29 heavy (non-hydrogen) atoms. The maximum absolute atomic E-state index is 14.3. The Hall–Kier alpha value is -1.83. The first-order valence-corrected chi connectivity index (χ1v) is 11.8. The lowest BCUT2D eigenvalue weighted by atomic mass is 10.0. The highest BCUT2D eigenvalue weighted by molar-refractivity contribution is 5.64. The molecular formula is C27H39FO. The molecule has 0 aliphatic heterocycles. The summed E-state index contributed by atoms with van der Waals surface area (Å²) in [4.78, 5) is 0. The standard InChI is InChI=1S/C27H39FO/c1-3-5-7-8-9-10-11-12-13-14-23-15-17-24(18-16-23)25-19-20-27(26(28)22-25)29-21-6-4-2/h15-20,22H,3-14,21H2,1-2H3. The summed E-state index contributed by atoms with van der Waals surface area (Å²) in [6, 6.07) is 13.9. The molecule has 0 spiro atoms. The number of unbranched alkanes of at least 4 members (excludes halogenated alkanes) is 9. The molecule has 0 saturated heterocycles. The number of ether oxygens (including phenoxy) is 1. The minimum atomic E-state index is -0.280. The third-order valence-corrected chi connectivity index (χ3v) is 5.54. The molecule has 0 aliphatic carbocycles. The summed E-state index contributed by atoms with van der Waals surface area (Å²) in [7, 11) is 0. The monoisotopic (exact) mass is 398 g/mol. The Kier molecular flexibility index (Phi) is 11.5. The lowest BCUT2D eigenvalue weighted by Gasteiger charge is -2.09. The Morgan fingerprint density at radius 3 is 1.86 bits per heavy atom. The molecule has 0 radical (unpaired) electrons. The highest BCUT2D eigenvalue weighted by Crippen LogP contribution is 2.26. The Balaban J connectivity index is 1.72. The van der Waals surface area contributed by atoms with Gasteiger partial charge in [0.05, 0.1) is 6.61 Å². The van der Waals surface area contributed by atoms with Crippen molar-refractivity contribution in [2.45, 2.75) is 90.9 Å². The largest absolute Gasteiger partial charge is 0.491 e. The van der Waals surface area contributed by atoms with Crippen LogP contribution < -0.4 is 4.74 Å². The summed E-state index contributed by atoms with van der Waals surface area (Å²) >= 11 is 0. The van der Waals surface area contributed by atoms with Gasteiger partial charge in [0.2, 0.25) is 0 Å². The predicted octanol–water partition coefficient (Wildman–Crippen LogP) is 8.74. The lowest BCUT2D eigenvalue weighted by molar-refractivity contribution is 0.294. The molecule has 0 heterocycles. The van der Waals surface area contributed by atoms with Gasteiger partial charge >= 0.3 is 0 Å². The molecule has 1 nitrogen and oxygen atoms in total. The molecule has 0 bridgehead atoms. The first kappa shape index (κ1) is 23.4. The maximum atomic E-state index is 14.3. The summed E-state index contributed by atoms with van der Waals surface area (Å²) in [5, 5.41) is 0. The minimum absolute atomic E-state index is 0.280. The van der Waals surface area contributed by atoms with Gasteiger partial charge in [-0.3, -0.25) is 0 Å². The van der Waals surface area contributed by atoms with Crippen molar-refractivity contribution in [2.75, 3.05) is 6.61 Å². The molecule has 0 amide bonds. The van der Waals surface area contributed by atoms with Crippen LogP contribution in [-0.2, 0) is 6.42 Å². The van der Waals surface area contributed by atoms with Gasteiger partial charge in [-0.1, -0.05) is 102 Å². The fourth-order valence-corrected chi connectivity index (χ4v) is 3.63. The van der Waals surface area contributed by atoms with Crippen molar-refractivity contribution in [1.29, 1.82) is 0 Å².